The summed E-state index contributed by atoms with van der Waals surface area (Å²) in [6, 6.07) is 0. The SMILES string of the molecule is CC(C)=CCC/C(C)=C\C=O.CC(C)=CCC/C(C)=C\C=O.[Pd]. The summed E-state index contributed by atoms with van der Waals surface area (Å²) in [5, 5.41) is 0. The van der Waals surface area contributed by atoms with E-state index in [1.807, 2.05) is 13.8 Å². The van der Waals surface area contributed by atoms with Crippen LogP contribution in [-0.4, -0.2) is 12.6 Å². The molecule has 0 aliphatic heterocycles. The van der Waals surface area contributed by atoms with Crippen LogP contribution in [0.15, 0.2) is 46.6 Å². The van der Waals surface area contributed by atoms with Crippen molar-refractivity contribution in [3.63, 3.8) is 0 Å². The normalized spacial score (nSPS) is 10.5. The van der Waals surface area contributed by atoms with Crippen LogP contribution >= 0.6 is 0 Å². The van der Waals surface area contributed by atoms with Crippen LogP contribution in [0.4, 0.5) is 0 Å². The zero-order chi connectivity index (χ0) is 17.4. The molecule has 0 unspecified atom stereocenters. The molecular weight excluding hydrogens is 379 g/mol. The van der Waals surface area contributed by atoms with Gasteiger partial charge in [0.2, 0.25) is 0 Å². The van der Waals surface area contributed by atoms with Gasteiger partial charge in [0, 0.05) is 20.4 Å². The summed E-state index contributed by atoms with van der Waals surface area (Å²) in [6.45, 7) is 12.3. The standard InChI is InChI=1S/2C10H16O.Pd/c2*1-9(2)5-4-6-10(3)7-8-11;/h2*5,7-8H,4,6H2,1-3H3;/b2*10-7-;. The molecule has 0 aliphatic rings. The van der Waals surface area contributed by atoms with E-state index in [9.17, 15) is 9.59 Å². The van der Waals surface area contributed by atoms with Crippen molar-refractivity contribution in [2.45, 2.75) is 67.2 Å². The maximum absolute atomic E-state index is 10.0. The van der Waals surface area contributed by atoms with Gasteiger partial charge in [-0.05, 0) is 79.4 Å². The predicted molar refractivity (Wildman–Crippen MR) is 97.0 cm³/mol. The molecule has 2 nitrogen and oxygen atoms in total. The van der Waals surface area contributed by atoms with Crippen LogP contribution < -0.4 is 0 Å². The predicted octanol–water partition coefficient (Wildman–Crippen LogP) is 5.75. The van der Waals surface area contributed by atoms with Gasteiger partial charge in [-0.25, -0.2) is 0 Å². The van der Waals surface area contributed by atoms with E-state index in [1.165, 1.54) is 11.1 Å². The molecule has 0 amide bonds. The Morgan fingerprint density at radius 1 is 0.652 bits per heavy atom. The van der Waals surface area contributed by atoms with Crippen molar-refractivity contribution in [2.24, 2.45) is 0 Å². The number of carbonyl (C=O) groups is 2. The number of hydrogen-bond acceptors (Lipinski definition) is 2. The molecule has 0 aromatic rings. The monoisotopic (exact) mass is 410 g/mol. The van der Waals surface area contributed by atoms with E-state index >= 15 is 0 Å². The fraction of sp³-hybridized carbons (Fsp3) is 0.500. The second-order valence-corrected chi connectivity index (χ2v) is 5.94. The molecule has 0 rings (SSSR count). The maximum atomic E-state index is 10.0. The van der Waals surface area contributed by atoms with Crippen LogP contribution in [0.5, 0.6) is 0 Å². The van der Waals surface area contributed by atoms with Crippen LogP contribution in [-0.2, 0) is 30.0 Å². The quantitative estimate of drug-likeness (QED) is 0.221. The summed E-state index contributed by atoms with van der Waals surface area (Å²) < 4.78 is 0. The van der Waals surface area contributed by atoms with Gasteiger partial charge in [-0.3, -0.25) is 9.59 Å². The summed E-state index contributed by atoms with van der Waals surface area (Å²) >= 11 is 0. The molecule has 0 aliphatic carbocycles. The van der Waals surface area contributed by atoms with E-state index in [2.05, 4.69) is 39.8 Å². The Morgan fingerprint density at radius 2 is 0.957 bits per heavy atom. The van der Waals surface area contributed by atoms with E-state index in [1.54, 1.807) is 12.2 Å². The fourth-order valence-corrected chi connectivity index (χ4v) is 1.58. The largest absolute Gasteiger partial charge is 0.299 e. The van der Waals surface area contributed by atoms with E-state index in [0.29, 0.717) is 0 Å². The minimum Gasteiger partial charge on any atom is -0.299 e. The Bertz CT molecular complexity index is 391. The second-order valence-electron chi connectivity index (χ2n) is 5.94. The summed E-state index contributed by atoms with van der Waals surface area (Å²) in [6.07, 6.45) is 13.4. The third-order valence-corrected chi connectivity index (χ3v) is 2.89. The smallest absolute Gasteiger partial charge is 0.142 e. The first-order valence-electron chi connectivity index (χ1n) is 7.82. The molecule has 3 heteroatoms. The fourth-order valence-electron chi connectivity index (χ4n) is 1.58. The Kier molecular flexibility index (Phi) is 22.2. The van der Waals surface area contributed by atoms with E-state index in [0.717, 1.165) is 49.4 Å². The van der Waals surface area contributed by atoms with Crippen molar-refractivity contribution >= 4 is 12.6 Å². The van der Waals surface area contributed by atoms with Crippen molar-refractivity contribution in [1.82, 2.24) is 0 Å². The molecule has 134 valence electrons. The van der Waals surface area contributed by atoms with Gasteiger partial charge < -0.3 is 0 Å². The molecular formula is C20H32O2Pd. The van der Waals surface area contributed by atoms with Crippen LogP contribution in [0.1, 0.15) is 67.2 Å². The molecule has 0 N–H and O–H groups in total. The van der Waals surface area contributed by atoms with Gasteiger partial charge in [-0.1, -0.05) is 34.4 Å². The number of hydrogen-bond donors (Lipinski definition) is 0. The van der Waals surface area contributed by atoms with Gasteiger partial charge in [0.1, 0.15) is 12.6 Å². The van der Waals surface area contributed by atoms with Crippen molar-refractivity contribution in [1.29, 1.82) is 0 Å². The first-order valence-corrected chi connectivity index (χ1v) is 7.82. The first kappa shape index (κ1) is 26.8. The van der Waals surface area contributed by atoms with Gasteiger partial charge in [-0.15, -0.1) is 0 Å². The molecule has 0 saturated carbocycles. The molecule has 0 heterocycles. The molecule has 0 aromatic carbocycles. The molecule has 0 saturated heterocycles. The third kappa shape index (κ3) is 26.2. The minimum atomic E-state index is 0. The average Bonchev–Trinajstić information content (AvgIpc) is 2.39. The van der Waals surface area contributed by atoms with Gasteiger partial charge >= 0.3 is 0 Å². The number of rotatable bonds is 8. The Hall–Kier alpha value is -1.04. The topological polar surface area (TPSA) is 34.1 Å². The number of aldehydes is 2. The maximum Gasteiger partial charge on any atom is 0.142 e. The Morgan fingerprint density at radius 3 is 1.17 bits per heavy atom. The van der Waals surface area contributed by atoms with Crippen LogP contribution in [0.25, 0.3) is 0 Å². The molecule has 0 radical (unpaired) electrons. The van der Waals surface area contributed by atoms with E-state index < -0.39 is 0 Å². The van der Waals surface area contributed by atoms with E-state index in [-0.39, 0.29) is 20.4 Å². The number of carbonyl (C=O) groups excluding carboxylic acids is 2. The van der Waals surface area contributed by atoms with Gasteiger partial charge in [0.25, 0.3) is 0 Å². The summed E-state index contributed by atoms with van der Waals surface area (Å²) in [7, 11) is 0. The second kappa shape index (κ2) is 19.0. The summed E-state index contributed by atoms with van der Waals surface area (Å²) in [5.41, 5.74) is 4.97. The minimum absolute atomic E-state index is 0. The van der Waals surface area contributed by atoms with Crippen LogP contribution in [0.3, 0.4) is 0 Å². The average molecular weight is 411 g/mol. The van der Waals surface area contributed by atoms with Crippen molar-refractivity contribution in [3.8, 4) is 0 Å². The zero-order valence-electron chi connectivity index (χ0n) is 15.4. The van der Waals surface area contributed by atoms with Crippen LogP contribution in [0, 0.1) is 0 Å². The Balaban J connectivity index is -0.000000333. The summed E-state index contributed by atoms with van der Waals surface area (Å²) in [5.74, 6) is 0. The van der Waals surface area contributed by atoms with Crippen molar-refractivity contribution in [2.75, 3.05) is 0 Å². The van der Waals surface area contributed by atoms with Crippen molar-refractivity contribution < 1.29 is 30.0 Å². The summed E-state index contributed by atoms with van der Waals surface area (Å²) in [4.78, 5) is 20.0. The molecule has 0 spiro atoms. The first-order chi connectivity index (χ1) is 10.3. The van der Waals surface area contributed by atoms with E-state index in [4.69, 9.17) is 0 Å². The molecule has 0 fully saturated rings. The molecule has 23 heavy (non-hydrogen) atoms. The third-order valence-electron chi connectivity index (χ3n) is 2.89. The van der Waals surface area contributed by atoms with Crippen molar-refractivity contribution in [3.05, 3.63) is 46.6 Å². The Labute approximate surface area is 156 Å². The van der Waals surface area contributed by atoms with Gasteiger partial charge in [0.15, 0.2) is 0 Å². The zero-order valence-corrected chi connectivity index (χ0v) is 17.0. The molecule has 0 bridgehead atoms. The number of allylic oxidation sites excluding steroid dienone is 8. The van der Waals surface area contributed by atoms with Gasteiger partial charge in [0.05, 0.1) is 0 Å². The van der Waals surface area contributed by atoms with Crippen LogP contribution in [0.2, 0.25) is 0 Å². The molecule has 0 atom stereocenters. The van der Waals surface area contributed by atoms with Gasteiger partial charge in [-0.2, -0.15) is 0 Å². The molecule has 0 aromatic heterocycles.